The Morgan fingerprint density at radius 3 is 2.92 bits per heavy atom. The Labute approximate surface area is 78.0 Å². The average Bonchev–Trinajstić information content (AvgIpc) is 2.33. The van der Waals surface area contributed by atoms with Gasteiger partial charge in [-0.3, -0.25) is 0 Å². The fourth-order valence-electron chi connectivity index (χ4n) is 1.43. The maximum atomic E-state index is 10.1. The molecule has 0 bridgehead atoms. The van der Waals surface area contributed by atoms with E-state index in [4.69, 9.17) is 4.74 Å². The third-order valence-electron chi connectivity index (χ3n) is 2.21. The Hall–Kier alpha value is 0.0100. The van der Waals surface area contributed by atoms with Crippen molar-refractivity contribution >= 4 is 11.8 Å². The number of aliphatic hydroxyl groups is 1. The summed E-state index contributed by atoms with van der Waals surface area (Å²) >= 11 is 1.79. The highest BCUT2D eigenvalue weighted by Crippen LogP contribution is 2.38. The number of thioether (sulfide) groups is 1. The number of hydrogen-bond donors (Lipinski definition) is 1. The molecule has 2 atom stereocenters. The molecule has 1 rings (SSSR count). The van der Waals surface area contributed by atoms with Crippen molar-refractivity contribution in [1.29, 1.82) is 0 Å². The Balaban J connectivity index is 2.54. The summed E-state index contributed by atoms with van der Waals surface area (Å²) in [5, 5.41) is 10.6. The van der Waals surface area contributed by atoms with Crippen molar-refractivity contribution in [3.63, 3.8) is 0 Å². The Morgan fingerprint density at radius 2 is 2.50 bits per heavy atom. The summed E-state index contributed by atoms with van der Waals surface area (Å²) in [7, 11) is 1.63. The fraction of sp³-hybridized carbons (Fsp3) is 0.778. The molecule has 2 unspecified atom stereocenters. The minimum Gasteiger partial charge on any atom is -0.385 e. The molecular formula is C9H16O2S. The van der Waals surface area contributed by atoms with Gasteiger partial charge >= 0.3 is 0 Å². The van der Waals surface area contributed by atoms with Crippen molar-refractivity contribution in [3.05, 3.63) is 12.2 Å². The second-order valence-electron chi connectivity index (χ2n) is 3.39. The van der Waals surface area contributed by atoms with E-state index in [0.29, 0.717) is 11.9 Å². The van der Waals surface area contributed by atoms with Crippen LogP contribution in [0.4, 0.5) is 0 Å². The van der Waals surface area contributed by atoms with Gasteiger partial charge in [0.1, 0.15) is 0 Å². The number of methoxy groups -OCH3 is 1. The molecule has 2 nitrogen and oxygen atoms in total. The van der Waals surface area contributed by atoms with Crippen molar-refractivity contribution < 1.29 is 9.84 Å². The van der Waals surface area contributed by atoms with Gasteiger partial charge in [-0.05, 0) is 12.0 Å². The molecule has 1 aliphatic rings. The second-order valence-corrected chi connectivity index (χ2v) is 4.82. The molecule has 1 heterocycles. The van der Waals surface area contributed by atoms with Crippen LogP contribution in [0.15, 0.2) is 12.2 Å². The van der Waals surface area contributed by atoms with Crippen LogP contribution in [0.3, 0.4) is 0 Å². The van der Waals surface area contributed by atoms with Crippen LogP contribution in [0.25, 0.3) is 0 Å². The zero-order chi connectivity index (χ0) is 9.19. The van der Waals surface area contributed by atoms with Crippen LogP contribution in [0.1, 0.15) is 13.3 Å². The molecule has 0 aromatic carbocycles. The van der Waals surface area contributed by atoms with Gasteiger partial charge in [-0.25, -0.2) is 0 Å². The quantitative estimate of drug-likeness (QED) is 0.680. The second kappa shape index (κ2) is 3.81. The van der Waals surface area contributed by atoms with Crippen LogP contribution >= 0.6 is 11.8 Å². The van der Waals surface area contributed by atoms with E-state index in [9.17, 15) is 5.11 Å². The normalized spacial score (nSPS) is 35.4. The SMILES string of the molecule is C=C(COC)C1(O)CSC(C)C1. The molecule has 0 spiro atoms. The van der Waals surface area contributed by atoms with E-state index in [2.05, 4.69) is 13.5 Å². The smallest absolute Gasteiger partial charge is 0.0976 e. The molecule has 1 fully saturated rings. The van der Waals surface area contributed by atoms with E-state index in [1.807, 2.05) is 0 Å². The first kappa shape index (κ1) is 10.1. The van der Waals surface area contributed by atoms with Gasteiger partial charge in [-0.1, -0.05) is 13.5 Å². The molecule has 3 heteroatoms. The zero-order valence-electron chi connectivity index (χ0n) is 7.67. The van der Waals surface area contributed by atoms with Gasteiger partial charge in [0.05, 0.1) is 12.2 Å². The van der Waals surface area contributed by atoms with Crippen LogP contribution in [-0.4, -0.2) is 35.4 Å². The number of hydrogen-bond acceptors (Lipinski definition) is 3. The Bertz CT molecular complexity index is 181. The van der Waals surface area contributed by atoms with Crippen LogP contribution in [0.2, 0.25) is 0 Å². The topological polar surface area (TPSA) is 29.5 Å². The van der Waals surface area contributed by atoms with Gasteiger partial charge < -0.3 is 9.84 Å². The van der Waals surface area contributed by atoms with E-state index >= 15 is 0 Å². The highest BCUT2D eigenvalue weighted by atomic mass is 32.2. The van der Waals surface area contributed by atoms with E-state index in [1.165, 1.54) is 0 Å². The fourth-order valence-corrected chi connectivity index (χ4v) is 2.70. The molecule has 0 aromatic heterocycles. The summed E-state index contributed by atoms with van der Waals surface area (Å²) in [6, 6.07) is 0. The average molecular weight is 188 g/mol. The van der Waals surface area contributed by atoms with Gasteiger partial charge in [0.15, 0.2) is 0 Å². The summed E-state index contributed by atoms with van der Waals surface area (Å²) in [5.41, 5.74) is 0.127. The molecule has 0 aromatic rings. The third kappa shape index (κ3) is 2.03. The van der Waals surface area contributed by atoms with Crippen molar-refractivity contribution in [1.82, 2.24) is 0 Å². The molecule has 0 radical (unpaired) electrons. The van der Waals surface area contributed by atoms with Crippen molar-refractivity contribution in [3.8, 4) is 0 Å². The lowest BCUT2D eigenvalue weighted by Crippen LogP contribution is -2.32. The first-order valence-corrected chi connectivity index (χ1v) is 5.14. The first-order valence-electron chi connectivity index (χ1n) is 4.09. The van der Waals surface area contributed by atoms with Crippen molar-refractivity contribution in [2.75, 3.05) is 19.5 Å². The monoisotopic (exact) mass is 188 g/mol. The lowest BCUT2D eigenvalue weighted by atomic mass is 9.93. The van der Waals surface area contributed by atoms with Crippen LogP contribution < -0.4 is 0 Å². The predicted octanol–water partition coefficient (Wildman–Crippen LogP) is 1.45. The standard InChI is InChI=1S/C9H16O2S/c1-7(5-11-3)9(10)4-8(2)12-6-9/h8,10H,1,4-6H2,2-3H3. The number of ether oxygens (including phenoxy) is 1. The third-order valence-corrected chi connectivity index (χ3v) is 3.59. The van der Waals surface area contributed by atoms with Gasteiger partial charge in [0, 0.05) is 18.1 Å². The molecule has 0 saturated carbocycles. The molecule has 0 aliphatic carbocycles. The lowest BCUT2D eigenvalue weighted by molar-refractivity contribution is 0.0814. The Morgan fingerprint density at radius 1 is 1.83 bits per heavy atom. The molecule has 12 heavy (non-hydrogen) atoms. The van der Waals surface area contributed by atoms with Crippen molar-refractivity contribution in [2.45, 2.75) is 24.2 Å². The minimum atomic E-state index is -0.680. The van der Waals surface area contributed by atoms with Crippen LogP contribution in [-0.2, 0) is 4.74 Å². The van der Waals surface area contributed by atoms with E-state index in [-0.39, 0.29) is 0 Å². The van der Waals surface area contributed by atoms with Gasteiger partial charge in [0.2, 0.25) is 0 Å². The van der Waals surface area contributed by atoms with E-state index in [1.54, 1.807) is 18.9 Å². The van der Waals surface area contributed by atoms with Gasteiger partial charge in [0.25, 0.3) is 0 Å². The highest BCUT2D eigenvalue weighted by molar-refractivity contribution is 8.00. The maximum Gasteiger partial charge on any atom is 0.0976 e. The van der Waals surface area contributed by atoms with Gasteiger partial charge in [-0.2, -0.15) is 11.8 Å². The van der Waals surface area contributed by atoms with Crippen molar-refractivity contribution in [2.24, 2.45) is 0 Å². The summed E-state index contributed by atoms with van der Waals surface area (Å²) in [4.78, 5) is 0. The maximum absolute atomic E-state index is 10.1. The zero-order valence-corrected chi connectivity index (χ0v) is 8.49. The molecular weight excluding hydrogens is 172 g/mol. The molecule has 1 N–H and O–H groups in total. The van der Waals surface area contributed by atoms with E-state index in [0.717, 1.165) is 17.7 Å². The highest BCUT2D eigenvalue weighted by Gasteiger charge is 2.38. The summed E-state index contributed by atoms with van der Waals surface area (Å²) in [6.45, 7) is 6.43. The summed E-state index contributed by atoms with van der Waals surface area (Å²) < 4.78 is 4.95. The van der Waals surface area contributed by atoms with Crippen LogP contribution in [0, 0.1) is 0 Å². The number of rotatable bonds is 3. The largest absolute Gasteiger partial charge is 0.385 e. The molecule has 1 saturated heterocycles. The molecule has 0 amide bonds. The molecule has 1 aliphatic heterocycles. The lowest BCUT2D eigenvalue weighted by Gasteiger charge is -2.23. The summed E-state index contributed by atoms with van der Waals surface area (Å²) in [6.07, 6.45) is 0.805. The first-order chi connectivity index (χ1) is 5.58. The van der Waals surface area contributed by atoms with E-state index < -0.39 is 5.60 Å². The van der Waals surface area contributed by atoms with Crippen LogP contribution in [0.5, 0.6) is 0 Å². The Kier molecular flexibility index (Phi) is 3.21. The predicted molar refractivity (Wildman–Crippen MR) is 52.5 cm³/mol. The van der Waals surface area contributed by atoms with Gasteiger partial charge in [-0.15, -0.1) is 0 Å². The minimum absolute atomic E-state index is 0.462. The summed E-state index contributed by atoms with van der Waals surface area (Å²) in [5.74, 6) is 0.760. The molecule has 70 valence electrons.